The molecule has 28 heavy (non-hydrogen) atoms. The quantitative estimate of drug-likeness (QED) is 0.556. The van der Waals surface area contributed by atoms with E-state index in [1.165, 1.54) is 13.2 Å². The van der Waals surface area contributed by atoms with Gasteiger partial charge in [0.25, 0.3) is 0 Å². The summed E-state index contributed by atoms with van der Waals surface area (Å²) in [6.07, 6.45) is 0. The van der Waals surface area contributed by atoms with Crippen molar-refractivity contribution in [3.63, 3.8) is 0 Å². The van der Waals surface area contributed by atoms with Crippen LogP contribution in [-0.4, -0.2) is 34.1 Å². The largest absolute Gasteiger partial charge is 0.478 e. The standard InChI is InChI=1S/C20H18N4O4/c1-12-21-17(23-15-9-5-3-7-13(15)19(25)26)11-18(22-12)24-16-10-6-4-8-14(16)20(27)28-2/h3-11H,1-2H3,(H,25,26)(H2,21,22,23,24). The van der Waals surface area contributed by atoms with Crippen LogP contribution < -0.4 is 10.6 Å². The van der Waals surface area contributed by atoms with Crippen molar-refractivity contribution in [1.82, 2.24) is 9.97 Å². The average molecular weight is 378 g/mol. The average Bonchev–Trinajstić information content (AvgIpc) is 2.67. The summed E-state index contributed by atoms with van der Waals surface area (Å²) in [4.78, 5) is 31.9. The number of para-hydroxylation sites is 2. The Labute approximate surface area is 161 Å². The highest BCUT2D eigenvalue weighted by Crippen LogP contribution is 2.24. The van der Waals surface area contributed by atoms with Crippen molar-refractivity contribution in [2.75, 3.05) is 17.7 Å². The first-order valence-corrected chi connectivity index (χ1v) is 8.37. The molecule has 0 atom stereocenters. The first-order chi connectivity index (χ1) is 13.5. The first-order valence-electron chi connectivity index (χ1n) is 8.37. The first kappa shape index (κ1) is 18.8. The van der Waals surface area contributed by atoms with Crippen LogP contribution in [0.15, 0.2) is 54.6 Å². The lowest BCUT2D eigenvalue weighted by atomic mass is 10.1. The molecule has 0 fully saturated rings. The van der Waals surface area contributed by atoms with Crippen LogP contribution in [-0.2, 0) is 4.74 Å². The monoisotopic (exact) mass is 378 g/mol. The van der Waals surface area contributed by atoms with Gasteiger partial charge in [-0.25, -0.2) is 19.6 Å². The lowest BCUT2D eigenvalue weighted by Gasteiger charge is -2.13. The zero-order valence-corrected chi connectivity index (χ0v) is 15.3. The molecule has 0 aliphatic heterocycles. The fourth-order valence-corrected chi connectivity index (χ4v) is 2.63. The molecule has 0 unspecified atom stereocenters. The predicted molar refractivity (Wildman–Crippen MR) is 105 cm³/mol. The van der Waals surface area contributed by atoms with E-state index in [4.69, 9.17) is 4.74 Å². The van der Waals surface area contributed by atoms with E-state index in [-0.39, 0.29) is 5.56 Å². The number of nitrogens with one attached hydrogen (secondary N) is 2. The predicted octanol–water partition coefficient (Wildman–Crippen LogP) is 3.76. The number of aromatic nitrogens is 2. The number of ether oxygens (including phenoxy) is 1. The van der Waals surface area contributed by atoms with Gasteiger partial charge in [-0.1, -0.05) is 24.3 Å². The molecule has 0 aliphatic carbocycles. The van der Waals surface area contributed by atoms with E-state index in [1.54, 1.807) is 55.5 Å². The highest BCUT2D eigenvalue weighted by molar-refractivity contribution is 5.96. The number of aromatic carboxylic acids is 1. The van der Waals surface area contributed by atoms with Gasteiger partial charge in [0.15, 0.2) is 0 Å². The van der Waals surface area contributed by atoms with E-state index in [9.17, 15) is 14.7 Å². The van der Waals surface area contributed by atoms with Crippen molar-refractivity contribution < 1.29 is 19.4 Å². The van der Waals surface area contributed by atoms with Gasteiger partial charge < -0.3 is 20.5 Å². The minimum atomic E-state index is -1.04. The number of benzene rings is 2. The summed E-state index contributed by atoms with van der Waals surface area (Å²) >= 11 is 0. The fourth-order valence-electron chi connectivity index (χ4n) is 2.63. The Morgan fingerprint density at radius 1 is 0.893 bits per heavy atom. The molecule has 3 aromatic rings. The molecule has 2 aromatic carbocycles. The number of carboxylic acid groups (broad SMARTS) is 1. The number of carboxylic acids is 1. The highest BCUT2D eigenvalue weighted by Gasteiger charge is 2.13. The van der Waals surface area contributed by atoms with Crippen LogP contribution in [0.1, 0.15) is 26.5 Å². The highest BCUT2D eigenvalue weighted by atomic mass is 16.5. The number of anilines is 4. The number of rotatable bonds is 6. The van der Waals surface area contributed by atoms with Gasteiger partial charge in [-0.05, 0) is 31.2 Å². The van der Waals surface area contributed by atoms with E-state index in [0.717, 1.165) is 0 Å². The number of hydrogen-bond acceptors (Lipinski definition) is 7. The van der Waals surface area contributed by atoms with Crippen molar-refractivity contribution in [2.45, 2.75) is 6.92 Å². The Balaban J connectivity index is 1.92. The number of esters is 1. The minimum absolute atomic E-state index is 0.129. The van der Waals surface area contributed by atoms with Gasteiger partial charge in [0.1, 0.15) is 17.5 Å². The SMILES string of the molecule is COC(=O)c1ccccc1Nc1cc(Nc2ccccc2C(=O)O)nc(C)n1. The Kier molecular flexibility index (Phi) is 5.50. The maximum atomic E-state index is 11.9. The summed E-state index contributed by atoms with van der Waals surface area (Å²) in [5.41, 5.74) is 1.44. The Hall–Kier alpha value is -3.94. The molecule has 0 saturated carbocycles. The molecule has 0 saturated heterocycles. The van der Waals surface area contributed by atoms with Gasteiger partial charge in [-0.3, -0.25) is 0 Å². The minimum Gasteiger partial charge on any atom is -0.478 e. The third-order valence-electron chi connectivity index (χ3n) is 3.85. The van der Waals surface area contributed by atoms with Gasteiger partial charge in [-0.2, -0.15) is 0 Å². The van der Waals surface area contributed by atoms with Crippen LogP contribution in [0.4, 0.5) is 23.0 Å². The summed E-state index contributed by atoms with van der Waals surface area (Å²) in [7, 11) is 1.32. The van der Waals surface area contributed by atoms with Gasteiger partial charge in [0.05, 0.1) is 29.6 Å². The van der Waals surface area contributed by atoms with Crippen LogP contribution in [0.25, 0.3) is 0 Å². The smallest absolute Gasteiger partial charge is 0.339 e. The van der Waals surface area contributed by atoms with Gasteiger partial charge >= 0.3 is 11.9 Å². The molecule has 3 N–H and O–H groups in total. The lowest BCUT2D eigenvalue weighted by Crippen LogP contribution is -2.08. The molecule has 1 aromatic heterocycles. The van der Waals surface area contributed by atoms with Crippen LogP contribution in [0, 0.1) is 6.92 Å². The van der Waals surface area contributed by atoms with E-state index in [1.807, 2.05) is 0 Å². The fraction of sp³-hybridized carbons (Fsp3) is 0.100. The van der Waals surface area contributed by atoms with Crippen LogP contribution in [0.3, 0.4) is 0 Å². The van der Waals surface area contributed by atoms with Crippen LogP contribution >= 0.6 is 0 Å². The summed E-state index contributed by atoms with van der Waals surface area (Å²) in [6.45, 7) is 1.71. The van der Waals surface area contributed by atoms with E-state index >= 15 is 0 Å². The molecule has 0 amide bonds. The molecule has 0 spiro atoms. The number of carbonyl (C=O) groups excluding carboxylic acids is 1. The Morgan fingerprint density at radius 3 is 1.93 bits per heavy atom. The Bertz CT molecular complexity index is 1040. The second-order valence-corrected chi connectivity index (χ2v) is 5.82. The molecule has 1 heterocycles. The summed E-state index contributed by atoms with van der Waals surface area (Å²) in [5.74, 6) is -0.184. The Morgan fingerprint density at radius 2 is 1.39 bits per heavy atom. The molecule has 8 nitrogen and oxygen atoms in total. The summed E-state index contributed by atoms with van der Waals surface area (Å²) < 4.78 is 4.80. The molecular formula is C20H18N4O4. The maximum Gasteiger partial charge on any atom is 0.339 e. The molecule has 8 heteroatoms. The third kappa shape index (κ3) is 4.24. The van der Waals surface area contributed by atoms with Crippen LogP contribution in [0.5, 0.6) is 0 Å². The van der Waals surface area contributed by atoms with Crippen molar-refractivity contribution in [1.29, 1.82) is 0 Å². The van der Waals surface area contributed by atoms with Crippen molar-refractivity contribution in [3.05, 3.63) is 71.5 Å². The van der Waals surface area contributed by atoms with E-state index in [2.05, 4.69) is 20.6 Å². The van der Waals surface area contributed by atoms with Gasteiger partial charge in [0, 0.05) is 6.07 Å². The molecule has 0 radical (unpaired) electrons. The number of carbonyl (C=O) groups is 2. The van der Waals surface area contributed by atoms with Gasteiger partial charge in [0.2, 0.25) is 0 Å². The topological polar surface area (TPSA) is 113 Å². The molecule has 0 aliphatic rings. The number of hydrogen-bond donors (Lipinski definition) is 3. The molecule has 142 valence electrons. The van der Waals surface area contributed by atoms with Crippen molar-refractivity contribution >= 4 is 34.9 Å². The zero-order chi connectivity index (χ0) is 20.1. The second kappa shape index (κ2) is 8.17. The number of nitrogens with zero attached hydrogens (tertiary/aromatic N) is 2. The van der Waals surface area contributed by atoms with Crippen molar-refractivity contribution in [3.8, 4) is 0 Å². The molecule has 3 rings (SSSR count). The molecular weight excluding hydrogens is 360 g/mol. The lowest BCUT2D eigenvalue weighted by molar-refractivity contribution is 0.0601. The van der Waals surface area contributed by atoms with E-state index < -0.39 is 11.9 Å². The molecule has 0 bridgehead atoms. The zero-order valence-electron chi connectivity index (χ0n) is 15.3. The van der Waals surface area contributed by atoms with E-state index in [0.29, 0.717) is 34.4 Å². The maximum absolute atomic E-state index is 11.9. The normalized spacial score (nSPS) is 10.2. The van der Waals surface area contributed by atoms with Gasteiger partial charge in [-0.15, -0.1) is 0 Å². The second-order valence-electron chi connectivity index (χ2n) is 5.82. The number of methoxy groups -OCH3 is 1. The third-order valence-corrected chi connectivity index (χ3v) is 3.85. The van der Waals surface area contributed by atoms with Crippen molar-refractivity contribution in [2.24, 2.45) is 0 Å². The van der Waals surface area contributed by atoms with Crippen LogP contribution in [0.2, 0.25) is 0 Å². The summed E-state index contributed by atoms with van der Waals surface area (Å²) in [6, 6.07) is 15.1. The summed E-state index contributed by atoms with van der Waals surface area (Å²) in [5, 5.41) is 15.4. The number of aryl methyl sites for hydroxylation is 1.